The molecule has 0 saturated heterocycles. The number of carbonyl (C=O) groups excluding carboxylic acids is 1. The lowest BCUT2D eigenvalue weighted by Crippen LogP contribution is -2.46. The van der Waals surface area contributed by atoms with Gasteiger partial charge in [0.15, 0.2) is 4.96 Å². The van der Waals surface area contributed by atoms with Crippen LogP contribution in [-0.2, 0) is 22.4 Å². The number of benzene rings is 1. The van der Waals surface area contributed by atoms with Gasteiger partial charge in [0.2, 0.25) is 0 Å². The number of aliphatic hydroxyl groups excluding tert-OH is 1. The third kappa shape index (κ3) is 4.89. The number of aryl methyl sites for hydroxylation is 2. The van der Waals surface area contributed by atoms with Gasteiger partial charge >= 0.3 is 5.97 Å². The summed E-state index contributed by atoms with van der Waals surface area (Å²) < 4.78 is 18.7. The van der Waals surface area contributed by atoms with Crippen LogP contribution in [0.15, 0.2) is 39.7 Å². The van der Waals surface area contributed by atoms with E-state index in [1.54, 1.807) is 20.3 Å². The normalized spacial score (nSPS) is 20.3. The third-order valence-corrected chi connectivity index (χ3v) is 9.05. The minimum absolute atomic E-state index is 0.0113. The third-order valence-electron chi connectivity index (χ3n) is 7.82. The summed E-state index contributed by atoms with van der Waals surface area (Å²) in [4.78, 5) is 31.1. The largest absolute Gasteiger partial charge is 0.512 e. The van der Waals surface area contributed by atoms with E-state index in [9.17, 15) is 14.7 Å². The molecule has 5 rings (SSSR count). The van der Waals surface area contributed by atoms with Gasteiger partial charge in [-0.1, -0.05) is 24.4 Å². The molecule has 0 radical (unpaired) electrons. The van der Waals surface area contributed by atoms with E-state index < -0.39 is 11.6 Å². The van der Waals surface area contributed by atoms with E-state index in [1.807, 2.05) is 18.4 Å². The van der Waals surface area contributed by atoms with Crippen molar-refractivity contribution in [3.05, 3.63) is 67.2 Å². The van der Waals surface area contributed by atoms with Crippen LogP contribution in [0.2, 0.25) is 5.02 Å². The molecule has 1 aromatic carbocycles. The maximum Gasteiger partial charge on any atom is 0.338 e. The minimum atomic E-state index is -0.833. The number of hydrogen-bond acceptors (Lipinski definition) is 8. The van der Waals surface area contributed by atoms with Crippen LogP contribution in [0.5, 0.6) is 11.5 Å². The number of aromatic nitrogens is 2. The van der Waals surface area contributed by atoms with Crippen LogP contribution < -0.4 is 15.0 Å². The fourth-order valence-corrected chi connectivity index (χ4v) is 6.98. The van der Waals surface area contributed by atoms with Gasteiger partial charge in [-0.3, -0.25) is 9.20 Å². The smallest absolute Gasteiger partial charge is 0.338 e. The molecule has 1 N–H and O–H groups in total. The summed E-state index contributed by atoms with van der Waals surface area (Å²) >= 11 is 7.75. The first-order valence-electron chi connectivity index (χ1n) is 12.8. The van der Waals surface area contributed by atoms with Gasteiger partial charge in [-0.25, -0.2) is 9.78 Å². The van der Waals surface area contributed by atoms with E-state index in [1.165, 1.54) is 21.8 Å². The van der Waals surface area contributed by atoms with E-state index in [0.717, 1.165) is 36.9 Å². The number of hydrogen-bond donors (Lipinski definition) is 1. The quantitative estimate of drug-likeness (QED) is 0.359. The van der Waals surface area contributed by atoms with Crippen molar-refractivity contribution in [3.63, 3.8) is 0 Å². The number of ether oxygens (including phenoxy) is 3. The van der Waals surface area contributed by atoms with Gasteiger partial charge in [-0.15, -0.1) is 11.3 Å². The first-order chi connectivity index (χ1) is 18.2. The lowest BCUT2D eigenvalue weighted by molar-refractivity contribution is -0.167. The molecule has 0 bridgehead atoms. The van der Waals surface area contributed by atoms with E-state index in [4.69, 9.17) is 25.8 Å². The molecule has 1 saturated carbocycles. The maximum atomic E-state index is 13.4. The lowest BCUT2D eigenvalue weighted by Gasteiger charge is -2.42. The second-order valence-electron chi connectivity index (χ2n) is 10.1. The molecule has 1 aliphatic heterocycles. The van der Waals surface area contributed by atoms with Crippen LogP contribution in [0.25, 0.3) is 4.96 Å². The Morgan fingerprint density at radius 1 is 1.18 bits per heavy atom. The Balaban J connectivity index is 1.43. The summed E-state index contributed by atoms with van der Waals surface area (Å²) in [5.41, 5.74) is 1.24. The molecular weight excluding hydrogens is 528 g/mol. The van der Waals surface area contributed by atoms with Crippen molar-refractivity contribution in [3.8, 4) is 11.5 Å². The summed E-state index contributed by atoms with van der Waals surface area (Å²) in [7, 11) is 3.14. The summed E-state index contributed by atoms with van der Waals surface area (Å²) in [5.74, 6) is 0.772. The zero-order valence-corrected chi connectivity index (χ0v) is 23.3. The Hall–Kier alpha value is -3.04. The van der Waals surface area contributed by atoms with E-state index in [2.05, 4.69) is 4.98 Å². The molecule has 8 nitrogen and oxygen atoms in total. The summed E-state index contributed by atoms with van der Waals surface area (Å²) in [6.07, 6.45) is 5.32. The topological polar surface area (TPSA) is 99.4 Å². The van der Waals surface area contributed by atoms with Gasteiger partial charge < -0.3 is 19.3 Å². The Morgan fingerprint density at radius 3 is 2.61 bits per heavy atom. The molecule has 0 spiro atoms. The number of nitrogens with zero attached hydrogens (tertiary/aromatic N) is 2. The second-order valence-corrected chi connectivity index (χ2v) is 11.3. The number of aliphatic hydroxyl groups is 1. The lowest BCUT2D eigenvalue weighted by atomic mass is 9.76. The first kappa shape index (κ1) is 26.6. The van der Waals surface area contributed by atoms with Gasteiger partial charge in [-0.05, 0) is 50.2 Å². The molecule has 1 unspecified atom stereocenters. The van der Waals surface area contributed by atoms with E-state index in [0.29, 0.717) is 40.0 Å². The Labute approximate surface area is 229 Å². The number of esters is 1. The fourth-order valence-electron chi connectivity index (χ4n) is 5.82. The van der Waals surface area contributed by atoms with Crippen molar-refractivity contribution in [2.24, 2.45) is 5.92 Å². The van der Waals surface area contributed by atoms with Crippen molar-refractivity contribution < 1.29 is 24.1 Å². The highest BCUT2D eigenvalue weighted by molar-refractivity contribution is 7.15. The van der Waals surface area contributed by atoms with Crippen LogP contribution in [0, 0.1) is 12.8 Å². The molecule has 38 heavy (non-hydrogen) atoms. The van der Waals surface area contributed by atoms with Crippen molar-refractivity contribution in [1.82, 2.24) is 9.38 Å². The summed E-state index contributed by atoms with van der Waals surface area (Å²) in [6, 6.07) is 4.99. The van der Waals surface area contributed by atoms with Crippen LogP contribution in [0.3, 0.4) is 0 Å². The average molecular weight is 559 g/mol. The monoisotopic (exact) mass is 558 g/mol. The molecule has 0 amide bonds. The Morgan fingerprint density at radius 2 is 1.92 bits per heavy atom. The number of methoxy groups -OCH3 is 2. The Bertz CT molecular complexity index is 1470. The number of fused-ring (bicyclic) bond motifs is 1. The van der Waals surface area contributed by atoms with Crippen LogP contribution >= 0.6 is 22.9 Å². The highest BCUT2D eigenvalue weighted by Gasteiger charge is 2.48. The van der Waals surface area contributed by atoms with Crippen LogP contribution in [0.1, 0.15) is 55.5 Å². The molecule has 2 aromatic heterocycles. The minimum Gasteiger partial charge on any atom is -0.512 e. The predicted molar refractivity (Wildman–Crippen MR) is 146 cm³/mol. The van der Waals surface area contributed by atoms with Crippen LogP contribution in [-0.4, -0.2) is 40.3 Å². The fraction of sp³-hybridized carbons (Fsp3) is 0.464. The number of halogens is 1. The van der Waals surface area contributed by atoms with Gasteiger partial charge in [0.25, 0.3) is 5.56 Å². The number of rotatable bonds is 8. The maximum absolute atomic E-state index is 13.4. The van der Waals surface area contributed by atoms with Crippen molar-refractivity contribution >= 4 is 33.9 Å². The SMILES string of the molecule is COc1cc(OC)c(CCC2(C3CCCC3)CC(O)=C(Cc3cc(=O)n4c(C)csc4n3)C(=O)O2)cc1Cl. The van der Waals surface area contributed by atoms with Gasteiger partial charge in [0.05, 0.1) is 30.5 Å². The molecule has 2 aliphatic rings. The number of cyclic esters (lactones) is 1. The molecule has 3 aromatic rings. The number of thiazole rings is 1. The standard InChI is InChI=1S/C28H31ClN2O6S/c1-16-15-38-27-30-19(12-25(33)31(16)27)11-20-22(32)14-28(37-26(20)34,18-6-4-5-7-18)9-8-17-10-21(29)24(36-3)13-23(17)35-2/h10,12-13,15,18,32H,4-9,11,14H2,1-3H3. The Kier molecular flexibility index (Phi) is 7.42. The zero-order valence-electron chi connectivity index (χ0n) is 21.7. The van der Waals surface area contributed by atoms with Gasteiger partial charge in [0.1, 0.15) is 22.9 Å². The molecule has 1 aliphatic carbocycles. The molecule has 3 heterocycles. The highest BCUT2D eigenvalue weighted by atomic mass is 35.5. The van der Waals surface area contributed by atoms with Crippen molar-refractivity contribution in [2.75, 3.05) is 14.2 Å². The molecule has 1 atom stereocenters. The zero-order chi connectivity index (χ0) is 27.0. The number of carbonyl (C=O) groups is 1. The van der Waals surface area contributed by atoms with Crippen LogP contribution in [0.4, 0.5) is 0 Å². The second kappa shape index (κ2) is 10.6. The van der Waals surface area contributed by atoms with Gasteiger partial charge in [-0.2, -0.15) is 0 Å². The molecule has 1 fully saturated rings. The van der Waals surface area contributed by atoms with Crippen molar-refractivity contribution in [1.29, 1.82) is 0 Å². The van der Waals surface area contributed by atoms with E-state index >= 15 is 0 Å². The predicted octanol–water partition coefficient (Wildman–Crippen LogP) is 5.60. The summed E-state index contributed by atoms with van der Waals surface area (Å²) in [6.45, 7) is 1.84. The van der Waals surface area contributed by atoms with Gasteiger partial charge in [0, 0.05) is 36.0 Å². The highest BCUT2D eigenvalue weighted by Crippen LogP contribution is 2.46. The van der Waals surface area contributed by atoms with Crippen molar-refractivity contribution in [2.45, 2.75) is 63.9 Å². The van der Waals surface area contributed by atoms with E-state index in [-0.39, 0.29) is 35.7 Å². The summed E-state index contributed by atoms with van der Waals surface area (Å²) in [5, 5.41) is 13.5. The molecule has 202 valence electrons. The first-order valence-corrected chi connectivity index (χ1v) is 14.0. The molecular formula is C28H31ClN2O6S. The average Bonchev–Trinajstić information content (AvgIpc) is 3.56. The molecule has 10 heteroatoms.